The second kappa shape index (κ2) is 8.63. The van der Waals surface area contributed by atoms with Gasteiger partial charge in [0.05, 0.1) is 16.9 Å². The van der Waals surface area contributed by atoms with Crippen LogP contribution >= 0.6 is 11.6 Å². The molecule has 5 rings (SSSR count). The Kier molecular flexibility index (Phi) is 5.71. The molecule has 11 heteroatoms. The number of benzene rings is 2. The predicted octanol–water partition coefficient (Wildman–Crippen LogP) is 5.71. The van der Waals surface area contributed by atoms with Gasteiger partial charge in [-0.15, -0.1) is 0 Å². The first-order chi connectivity index (χ1) is 17.1. The molecule has 1 aromatic heterocycles. The highest BCUT2D eigenvalue weighted by Gasteiger charge is 2.47. The quantitative estimate of drug-likeness (QED) is 0.205. The number of hydrogen-bond donors (Lipinski definition) is 4. The number of pyridine rings is 1. The van der Waals surface area contributed by atoms with Gasteiger partial charge >= 0.3 is 12.1 Å². The maximum Gasteiger partial charge on any atom is 0.471 e. The van der Waals surface area contributed by atoms with Gasteiger partial charge in [-0.25, -0.2) is 4.98 Å². The molecule has 0 bridgehead atoms. The molecule has 7 nitrogen and oxygen atoms in total. The normalized spacial score (nSPS) is 16.1. The van der Waals surface area contributed by atoms with E-state index in [9.17, 15) is 18.0 Å². The molecule has 1 amide bonds. The lowest BCUT2D eigenvalue weighted by Crippen LogP contribution is -2.54. The van der Waals surface area contributed by atoms with Gasteiger partial charge in [0, 0.05) is 11.1 Å². The largest absolute Gasteiger partial charge is 0.471 e. The number of carbonyl (C=O) groups is 1. The van der Waals surface area contributed by atoms with Gasteiger partial charge in [-0.05, 0) is 49.1 Å². The van der Waals surface area contributed by atoms with Crippen LogP contribution in [0.15, 0.2) is 60.7 Å². The maximum absolute atomic E-state index is 12.9. The van der Waals surface area contributed by atoms with Crippen molar-refractivity contribution < 1.29 is 18.0 Å². The van der Waals surface area contributed by atoms with Crippen molar-refractivity contribution in [3.63, 3.8) is 0 Å². The summed E-state index contributed by atoms with van der Waals surface area (Å²) in [6.45, 7) is 0. The Bertz CT molecular complexity index is 1390. The second-order valence-corrected chi connectivity index (χ2v) is 9.06. The first-order valence-electron chi connectivity index (χ1n) is 11.1. The molecule has 0 unspecified atom stereocenters. The third kappa shape index (κ3) is 4.07. The molecule has 2 aromatic carbocycles. The van der Waals surface area contributed by atoms with Gasteiger partial charge in [0.25, 0.3) is 0 Å². The molecule has 3 aromatic rings. The molecule has 0 saturated heterocycles. The Labute approximate surface area is 209 Å². The molecule has 1 aliphatic heterocycles. The summed E-state index contributed by atoms with van der Waals surface area (Å²) < 4.78 is 38.6. The number of aromatic nitrogens is 1. The van der Waals surface area contributed by atoms with E-state index in [1.54, 1.807) is 54.6 Å². The molecule has 1 aliphatic carbocycles. The number of nitrogens with one attached hydrogen (secondary N) is 4. The lowest BCUT2D eigenvalue weighted by atomic mass is 9.71. The zero-order valence-corrected chi connectivity index (χ0v) is 19.5. The lowest BCUT2D eigenvalue weighted by Gasteiger charge is -2.43. The van der Waals surface area contributed by atoms with Crippen LogP contribution in [0, 0.1) is 10.8 Å². The highest BCUT2D eigenvalue weighted by Crippen LogP contribution is 2.42. The van der Waals surface area contributed by atoms with Crippen molar-refractivity contribution in [2.24, 2.45) is 0 Å². The third-order valence-corrected chi connectivity index (χ3v) is 6.70. The summed E-state index contributed by atoms with van der Waals surface area (Å²) in [5, 5.41) is 23.4. The topological polar surface area (TPSA) is 105 Å². The van der Waals surface area contributed by atoms with E-state index in [2.05, 4.69) is 15.6 Å². The lowest BCUT2D eigenvalue weighted by molar-refractivity contribution is -0.177. The number of nitrogens with zero attached hydrogens (tertiary/aromatic N) is 2. The Balaban J connectivity index is 1.49. The number of rotatable bonds is 3. The Hall–Kier alpha value is -3.92. The van der Waals surface area contributed by atoms with Crippen LogP contribution in [0.5, 0.6) is 0 Å². The monoisotopic (exact) mass is 512 g/mol. The summed E-state index contributed by atoms with van der Waals surface area (Å²) in [6, 6.07) is 16.8. The van der Waals surface area contributed by atoms with Gasteiger partial charge in [0.2, 0.25) is 0 Å². The number of alkyl halides is 3. The standard InChI is InChI=1S/C25H20ClF3N6O/c26-19-11-10-18-22(33-19)32-17-5-2-1-4-16(17)21(31)35(18)20(30)14-6-8-15(9-7-14)24(12-3-13-24)34-23(36)25(27,28)29/h1-2,4-11,30-31H,3,12-13H2,(H,32,33)(H,34,36). The number of carbonyl (C=O) groups excluding carboxylic acids is 1. The van der Waals surface area contributed by atoms with Crippen molar-refractivity contribution in [2.45, 2.75) is 31.0 Å². The van der Waals surface area contributed by atoms with Crippen LogP contribution in [0.3, 0.4) is 0 Å². The van der Waals surface area contributed by atoms with Gasteiger partial charge in [-0.2, -0.15) is 13.2 Å². The number of para-hydroxylation sites is 1. The molecule has 36 heavy (non-hydrogen) atoms. The third-order valence-electron chi connectivity index (χ3n) is 6.49. The van der Waals surface area contributed by atoms with Crippen LogP contribution in [0.4, 0.5) is 30.4 Å². The fourth-order valence-corrected chi connectivity index (χ4v) is 4.63. The molecule has 0 spiro atoms. The Morgan fingerprint density at radius 2 is 1.78 bits per heavy atom. The van der Waals surface area contributed by atoms with E-state index in [1.807, 2.05) is 6.07 Å². The number of amidine groups is 2. The predicted molar refractivity (Wildman–Crippen MR) is 131 cm³/mol. The van der Waals surface area contributed by atoms with Crippen molar-refractivity contribution in [1.82, 2.24) is 10.3 Å². The first kappa shape index (κ1) is 23.8. The van der Waals surface area contributed by atoms with Crippen LogP contribution in [-0.4, -0.2) is 28.7 Å². The van der Waals surface area contributed by atoms with Crippen molar-refractivity contribution in [3.8, 4) is 0 Å². The average molecular weight is 513 g/mol. The SMILES string of the molecule is N=C(c1ccc(C2(NC(=O)C(F)(F)F)CCC2)cc1)N1C(=N)c2ccccc2Nc2nc(Cl)ccc21. The number of hydrogen-bond acceptors (Lipinski definition) is 5. The van der Waals surface area contributed by atoms with E-state index < -0.39 is 17.6 Å². The number of anilines is 3. The van der Waals surface area contributed by atoms with Gasteiger partial charge in [0.1, 0.15) is 16.8 Å². The van der Waals surface area contributed by atoms with E-state index in [0.29, 0.717) is 53.1 Å². The fourth-order valence-electron chi connectivity index (χ4n) is 4.48. The summed E-state index contributed by atoms with van der Waals surface area (Å²) >= 11 is 6.10. The van der Waals surface area contributed by atoms with Gasteiger partial charge in [-0.1, -0.05) is 48.0 Å². The van der Waals surface area contributed by atoms with Crippen molar-refractivity contribution in [1.29, 1.82) is 10.8 Å². The second-order valence-electron chi connectivity index (χ2n) is 8.67. The number of halogens is 4. The van der Waals surface area contributed by atoms with Crippen molar-refractivity contribution >= 4 is 46.4 Å². The van der Waals surface area contributed by atoms with E-state index in [0.717, 1.165) is 0 Å². The molecule has 0 atom stereocenters. The zero-order valence-electron chi connectivity index (χ0n) is 18.7. The summed E-state index contributed by atoms with van der Waals surface area (Å²) in [5.41, 5.74) is 1.52. The number of fused-ring (bicyclic) bond motifs is 2. The van der Waals surface area contributed by atoms with Crippen LogP contribution in [0.25, 0.3) is 0 Å². The summed E-state index contributed by atoms with van der Waals surface area (Å²) in [5.74, 6) is -1.58. The van der Waals surface area contributed by atoms with Crippen LogP contribution in [-0.2, 0) is 10.3 Å². The van der Waals surface area contributed by atoms with Crippen LogP contribution in [0.2, 0.25) is 5.15 Å². The zero-order chi connectivity index (χ0) is 25.7. The smallest absolute Gasteiger partial charge is 0.339 e. The minimum atomic E-state index is -4.97. The molecule has 0 radical (unpaired) electrons. The molecule has 1 saturated carbocycles. The van der Waals surface area contributed by atoms with Crippen molar-refractivity contribution in [3.05, 3.63) is 82.5 Å². The van der Waals surface area contributed by atoms with E-state index in [1.165, 1.54) is 4.90 Å². The van der Waals surface area contributed by atoms with E-state index in [4.69, 9.17) is 22.4 Å². The molecule has 184 valence electrons. The first-order valence-corrected chi connectivity index (χ1v) is 11.5. The number of amides is 1. The molecule has 1 fully saturated rings. The van der Waals surface area contributed by atoms with Gasteiger partial charge < -0.3 is 10.6 Å². The van der Waals surface area contributed by atoms with Crippen LogP contribution in [0.1, 0.15) is 36.0 Å². The Morgan fingerprint density at radius 3 is 2.42 bits per heavy atom. The van der Waals surface area contributed by atoms with Crippen LogP contribution < -0.4 is 15.5 Å². The highest BCUT2D eigenvalue weighted by atomic mass is 35.5. The Morgan fingerprint density at radius 1 is 1.08 bits per heavy atom. The molecule has 2 aliphatic rings. The van der Waals surface area contributed by atoms with E-state index >= 15 is 0 Å². The van der Waals surface area contributed by atoms with Gasteiger partial charge in [0.15, 0.2) is 5.82 Å². The molecule has 4 N–H and O–H groups in total. The van der Waals surface area contributed by atoms with Gasteiger partial charge in [-0.3, -0.25) is 20.5 Å². The fraction of sp³-hybridized carbons (Fsp3) is 0.200. The summed E-state index contributed by atoms with van der Waals surface area (Å²) in [6.07, 6.45) is -3.48. The molecular formula is C25H20ClF3N6O. The minimum absolute atomic E-state index is 0.0302. The highest BCUT2D eigenvalue weighted by molar-refractivity contribution is 6.32. The maximum atomic E-state index is 12.9. The summed E-state index contributed by atoms with van der Waals surface area (Å²) in [4.78, 5) is 17.4. The van der Waals surface area contributed by atoms with E-state index in [-0.39, 0.29) is 16.8 Å². The molecule has 2 heterocycles. The summed E-state index contributed by atoms with van der Waals surface area (Å²) in [7, 11) is 0. The minimum Gasteiger partial charge on any atom is -0.339 e. The average Bonchev–Trinajstić information content (AvgIpc) is 2.94. The molecular weight excluding hydrogens is 493 g/mol. The van der Waals surface area contributed by atoms with Crippen molar-refractivity contribution in [2.75, 3.05) is 10.2 Å².